The number of hydrogen-bond acceptors (Lipinski definition) is 9. The summed E-state index contributed by atoms with van der Waals surface area (Å²) in [6, 6.07) is 17.1. The van der Waals surface area contributed by atoms with Crippen molar-refractivity contribution in [2.45, 2.75) is 35.5 Å². The zero-order valence-electron chi connectivity index (χ0n) is 18.4. The van der Waals surface area contributed by atoms with Gasteiger partial charge in [-0.15, -0.1) is 0 Å². The molecule has 3 rings (SSSR count). The van der Waals surface area contributed by atoms with E-state index in [4.69, 9.17) is 12.3 Å². The van der Waals surface area contributed by atoms with E-state index in [-0.39, 0.29) is 31.4 Å². The minimum atomic E-state index is -4.70. The molecule has 0 spiro atoms. The Morgan fingerprint density at radius 2 is 0.706 bits per heavy atom. The van der Waals surface area contributed by atoms with Gasteiger partial charge in [0, 0.05) is 0 Å². The molecule has 3 aromatic carbocycles. The number of hydrogen-bond donors (Lipinski definition) is 0. The summed E-state index contributed by atoms with van der Waals surface area (Å²) >= 11 is 0. The summed E-state index contributed by atoms with van der Waals surface area (Å²) in [6.45, 7) is 4.46. The third kappa shape index (κ3) is 5.92. The molecule has 0 aliphatic heterocycles. The van der Waals surface area contributed by atoms with Gasteiger partial charge in [-0.1, -0.05) is 54.6 Å². The quantitative estimate of drug-likeness (QED) is 0.388. The van der Waals surface area contributed by atoms with E-state index in [1.807, 2.05) is 0 Å². The Balaban J connectivity index is 2.04. The summed E-state index contributed by atoms with van der Waals surface area (Å²) in [5, 5.41) is 0. The zero-order chi connectivity index (χ0) is 25.1. The molecule has 0 N–H and O–H groups in total. The number of rotatable bonds is 9. The summed E-state index contributed by atoms with van der Waals surface area (Å²) in [4.78, 5) is -0.934. The van der Waals surface area contributed by atoms with E-state index in [1.165, 1.54) is 75.4 Å². The van der Waals surface area contributed by atoms with Crippen molar-refractivity contribution in [2.75, 3.05) is 0 Å². The number of benzene rings is 3. The molecule has 0 saturated carbocycles. The Hall–Kier alpha value is -2.55. The second-order valence-corrected chi connectivity index (χ2v) is 11.9. The molecule has 34 heavy (non-hydrogen) atoms. The highest BCUT2D eigenvalue weighted by atomic mass is 32.2. The van der Waals surface area contributed by atoms with Crippen LogP contribution in [0.2, 0.25) is 0 Å². The van der Waals surface area contributed by atoms with Crippen molar-refractivity contribution in [2.24, 2.45) is 0 Å². The normalized spacial score (nSPS) is 12.4. The molecule has 0 fully saturated rings. The second kappa shape index (κ2) is 9.98. The molecule has 180 valence electrons. The molecule has 13 heteroatoms. The van der Waals surface area contributed by atoms with Crippen LogP contribution in [-0.4, -0.2) is 32.6 Å². The predicted octanol–water partition coefficient (Wildman–Crippen LogP) is 3.11. The van der Waals surface area contributed by atoms with E-state index >= 15 is 0 Å². The van der Waals surface area contributed by atoms with Crippen LogP contribution in [-0.2, 0) is 42.7 Å². The van der Waals surface area contributed by atoms with Crippen molar-refractivity contribution in [3.63, 3.8) is 0 Å². The van der Waals surface area contributed by atoms with Crippen LogP contribution in [0.25, 0.3) is 0 Å². The lowest BCUT2D eigenvalue weighted by atomic mass is 10.2. The summed E-state index contributed by atoms with van der Waals surface area (Å²) < 4.78 is 91.8. The highest BCUT2D eigenvalue weighted by molar-refractivity contribution is 7.90. The first kappa shape index (κ1) is 26.1. The fourth-order valence-corrected chi connectivity index (χ4v) is 6.46. The minimum Gasteiger partial charge on any atom is -0.266 e. The Labute approximate surface area is 199 Å². The Morgan fingerprint density at radius 3 is 0.941 bits per heavy atom. The van der Waals surface area contributed by atoms with Crippen molar-refractivity contribution in [1.82, 2.24) is 0 Å². The lowest BCUT2D eigenvalue weighted by molar-refractivity contribution is 0.311. The molecule has 0 aliphatic rings. The smallest absolute Gasteiger partial charge is 0.266 e. The van der Waals surface area contributed by atoms with E-state index in [2.05, 4.69) is 0 Å². The average molecular weight is 524 g/mol. The van der Waals surface area contributed by atoms with Crippen molar-refractivity contribution in [3.8, 4) is 0 Å². The van der Waals surface area contributed by atoms with Crippen molar-refractivity contribution < 1.29 is 37.6 Å². The largest absolute Gasteiger partial charge is 0.685 e. The SMILES string of the molecule is Cc1ccccc1S(=O)(=O)OB(OS(=O)(=O)c1ccccc1C)OS(=O)(=O)c1ccccc1C. The molecule has 0 aliphatic carbocycles. The fraction of sp³-hybridized carbons (Fsp3) is 0.143. The summed E-state index contributed by atoms with van der Waals surface area (Å²) in [5.74, 6) is 0. The molecule has 0 saturated heterocycles. The Morgan fingerprint density at radius 1 is 0.471 bits per heavy atom. The van der Waals surface area contributed by atoms with Crippen molar-refractivity contribution >= 4 is 37.7 Å². The summed E-state index contributed by atoms with van der Waals surface area (Å²) in [7, 11) is -16.8. The van der Waals surface area contributed by atoms with Crippen LogP contribution >= 0.6 is 0 Å². The molecule has 0 heterocycles. The summed E-state index contributed by atoms with van der Waals surface area (Å²) in [5.41, 5.74) is 0.847. The van der Waals surface area contributed by atoms with Crippen LogP contribution in [0.1, 0.15) is 16.7 Å². The van der Waals surface area contributed by atoms with Crippen molar-refractivity contribution in [1.29, 1.82) is 0 Å². The van der Waals surface area contributed by atoms with Gasteiger partial charge >= 0.3 is 7.32 Å². The maximum Gasteiger partial charge on any atom is 0.685 e. The highest BCUT2D eigenvalue weighted by Gasteiger charge is 2.41. The van der Waals surface area contributed by atoms with Crippen LogP contribution in [0, 0.1) is 20.8 Å². The van der Waals surface area contributed by atoms with Gasteiger partial charge in [0.05, 0.1) is 14.7 Å². The maximum absolute atomic E-state index is 12.9. The molecule has 3 aromatic rings. The van der Waals surface area contributed by atoms with E-state index in [1.54, 1.807) is 18.2 Å². The average Bonchev–Trinajstić information content (AvgIpc) is 2.73. The molecule has 0 unspecified atom stereocenters. The monoisotopic (exact) mass is 524 g/mol. The molecule has 9 nitrogen and oxygen atoms in total. The topological polar surface area (TPSA) is 130 Å². The van der Waals surface area contributed by atoms with Gasteiger partial charge < -0.3 is 0 Å². The third-order valence-electron chi connectivity index (χ3n) is 4.70. The van der Waals surface area contributed by atoms with Gasteiger partial charge in [-0.05, 0) is 55.7 Å². The zero-order valence-corrected chi connectivity index (χ0v) is 20.9. The molecule has 0 aromatic heterocycles. The fourth-order valence-electron chi connectivity index (χ4n) is 3.02. The van der Waals surface area contributed by atoms with E-state index in [0.29, 0.717) is 0 Å². The van der Waals surface area contributed by atoms with E-state index in [9.17, 15) is 25.3 Å². The first-order valence-corrected chi connectivity index (χ1v) is 14.0. The molecule has 0 amide bonds. The van der Waals surface area contributed by atoms with Crippen LogP contribution in [0.3, 0.4) is 0 Å². The number of aryl methyl sites for hydroxylation is 3. The standard InChI is InChI=1S/C21H21BO9S3/c1-16-10-4-7-13-19(16)32(23,24)29-22(30-33(25,26)20-14-8-5-11-17(20)2)31-34(27,28)21-15-9-6-12-18(21)3/h4-15H,1-3H3. The minimum absolute atomic E-state index is 0.282. The Bertz CT molecular complexity index is 1330. The van der Waals surface area contributed by atoms with E-state index in [0.717, 1.165) is 0 Å². The first-order chi connectivity index (χ1) is 15.8. The van der Waals surface area contributed by atoms with Crippen LogP contribution in [0.5, 0.6) is 0 Å². The highest BCUT2D eigenvalue weighted by Crippen LogP contribution is 2.25. The molecule has 0 bridgehead atoms. The van der Waals surface area contributed by atoms with Gasteiger partial charge in [0.25, 0.3) is 30.4 Å². The molecule has 0 atom stereocenters. The maximum atomic E-state index is 12.9. The van der Waals surface area contributed by atoms with Crippen LogP contribution in [0.4, 0.5) is 0 Å². The van der Waals surface area contributed by atoms with Gasteiger partial charge in [-0.3, -0.25) is 12.3 Å². The summed E-state index contributed by atoms with van der Waals surface area (Å²) in [6.07, 6.45) is 0. The molecular formula is C21H21BO9S3. The van der Waals surface area contributed by atoms with Gasteiger partial charge in [0.2, 0.25) is 0 Å². The predicted molar refractivity (Wildman–Crippen MR) is 124 cm³/mol. The lowest BCUT2D eigenvalue weighted by Crippen LogP contribution is -2.35. The second-order valence-electron chi connectivity index (χ2n) is 7.24. The van der Waals surface area contributed by atoms with Crippen LogP contribution < -0.4 is 0 Å². The van der Waals surface area contributed by atoms with Gasteiger partial charge in [-0.25, -0.2) is 0 Å². The van der Waals surface area contributed by atoms with Gasteiger partial charge in [-0.2, -0.15) is 25.3 Å². The molecular weight excluding hydrogens is 503 g/mol. The van der Waals surface area contributed by atoms with Crippen molar-refractivity contribution in [3.05, 3.63) is 89.5 Å². The van der Waals surface area contributed by atoms with Crippen LogP contribution in [0.15, 0.2) is 87.5 Å². The van der Waals surface area contributed by atoms with Gasteiger partial charge in [0.1, 0.15) is 0 Å². The van der Waals surface area contributed by atoms with E-state index < -0.39 is 37.7 Å². The van der Waals surface area contributed by atoms with Gasteiger partial charge in [0.15, 0.2) is 0 Å². The Kier molecular flexibility index (Phi) is 7.65. The lowest BCUT2D eigenvalue weighted by Gasteiger charge is -2.16. The molecule has 0 radical (unpaired) electrons. The first-order valence-electron chi connectivity index (χ1n) is 9.80. The third-order valence-corrected chi connectivity index (χ3v) is 8.93.